The van der Waals surface area contributed by atoms with Gasteiger partial charge in [-0.3, -0.25) is 5.10 Å². The number of aromatic amines is 1. The van der Waals surface area contributed by atoms with Crippen molar-refractivity contribution in [2.24, 2.45) is 5.92 Å². The van der Waals surface area contributed by atoms with Crippen molar-refractivity contribution < 1.29 is 4.74 Å². The Hall–Kier alpha value is -1.49. The minimum Gasteiger partial charge on any atom is -0.493 e. The highest BCUT2D eigenvalue weighted by atomic mass is 79.9. The largest absolute Gasteiger partial charge is 0.493 e. The van der Waals surface area contributed by atoms with E-state index in [9.17, 15) is 0 Å². The highest BCUT2D eigenvalue weighted by Gasteiger charge is 2.22. The molecule has 1 aromatic carbocycles. The Morgan fingerprint density at radius 3 is 2.89 bits per heavy atom. The lowest BCUT2D eigenvalue weighted by Crippen LogP contribution is -2.00. The van der Waals surface area contributed by atoms with Crippen molar-refractivity contribution in [3.8, 4) is 16.9 Å². The van der Waals surface area contributed by atoms with Gasteiger partial charge in [0.15, 0.2) is 0 Å². The first-order chi connectivity index (χ1) is 8.74. The number of ether oxygens (including phenoxy) is 1. The molecule has 0 saturated heterocycles. The molecule has 18 heavy (non-hydrogen) atoms. The van der Waals surface area contributed by atoms with Crippen LogP contribution in [0.3, 0.4) is 0 Å². The molecule has 1 saturated carbocycles. The Balaban J connectivity index is 1.94. The van der Waals surface area contributed by atoms with E-state index in [0.29, 0.717) is 5.82 Å². The van der Waals surface area contributed by atoms with Crippen molar-refractivity contribution >= 4 is 21.7 Å². The Morgan fingerprint density at radius 1 is 1.39 bits per heavy atom. The van der Waals surface area contributed by atoms with E-state index in [1.165, 1.54) is 12.8 Å². The zero-order chi connectivity index (χ0) is 12.5. The van der Waals surface area contributed by atoms with Crippen molar-refractivity contribution in [1.82, 2.24) is 10.2 Å². The van der Waals surface area contributed by atoms with Gasteiger partial charge < -0.3 is 10.5 Å². The first-order valence-electron chi connectivity index (χ1n) is 5.95. The van der Waals surface area contributed by atoms with E-state index >= 15 is 0 Å². The van der Waals surface area contributed by atoms with Gasteiger partial charge >= 0.3 is 0 Å². The van der Waals surface area contributed by atoms with Crippen LogP contribution in [0.4, 0.5) is 5.82 Å². The van der Waals surface area contributed by atoms with Gasteiger partial charge in [-0.05, 0) is 37.0 Å². The number of nitrogen functional groups attached to an aromatic ring is 1. The zero-order valence-electron chi connectivity index (χ0n) is 9.82. The van der Waals surface area contributed by atoms with Gasteiger partial charge in [0.2, 0.25) is 0 Å². The van der Waals surface area contributed by atoms with Crippen LogP contribution in [0.5, 0.6) is 5.75 Å². The predicted molar refractivity (Wildman–Crippen MR) is 74.4 cm³/mol. The average Bonchev–Trinajstić information content (AvgIpc) is 3.09. The second kappa shape index (κ2) is 4.65. The molecule has 1 aliphatic carbocycles. The minimum absolute atomic E-state index is 0.560. The van der Waals surface area contributed by atoms with E-state index in [0.717, 1.165) is 33.9 Å². The van der Waals surface area contributed by atoms with Crippen molar-refractivity contribution in [3.05, 3.63) is 28.9 Å². The predicted octanol–water partition coefficient (Wildman–Crippen LogP) is 3.21. The molecule has 3 rings (SSSR count). The van der Waals surface area contributed by atoms with E-state index < -0.39 is 0 Å². The molecule has 0 radical (unpaired) electrons. The van der Waals surface area contributed by atoms with E-state index in [-0.39, 0.29) is 0 Å². The first-order valence-corrected chi connectivity index (χ1v) is 6.75. The topological polar surface area (TPSA) is 63.9 Å². The number of hydrogen-bond acceptors (Lipinski definition) is 3. The third-order valence-electron chi connectivity index (χ3n) is 3.07. The summed E-state index contributed by atoms with van der Waals surface area (Å²) in [6, 6.07) is 5.94. The number of halogens is 1. The van der Waals surface area contributed by atoms with Gasteiger partial charge in [0.1, 0.15) is 11.6 Å². The van der Waals surface area contributed by atoms with E-state index in [4.69, 9.17) is 10.5 Å². The maximum atomic E-state index is 5.88. The summed E-state index contributed by atoms with van der Waals surface area (Å²) in [6.07, 6.45) is 4.28. The molecule has 0 spiro atoms. The zero-order valence-corrected chi connectivity index (χ0v) is 11.4. The number of benzene rings is 1. The summed E-state index contributed by atoms with van der Waals surface area (Å²) >= 11 is 3.47. The maximum Gasteiger partial charge on any atom is 0.127 e. The molecule has 94 valence electrons. The molecule has 4 nitrogen and oxygen atoms in total. The molecule has 0 bridgehead atoms. The number of aromatic nitrogens is 2. The van der Waals surface area contributed by atoms with Crippen molar-refractivity contribution in [2.75, 3.05) is 12.3 Å². The molecule has 0 amide bonds. The molecule has 1 heterocycles. The molecular weight excluding hydrogens is 294 g/mol. The molecule has 1 aliphatic rings. The van der Waals surface area contributed by atoms with Crippen molar-refractivity contribution in [2.45, 2.75) is 12.8 Å². The van der Waals surface area contributed by atoms with Crippen LogP contribution in [-0.2, 0) is 0 Å². The maximum absolute atomic E-state index is 5.88. The fourth-order valence-corrected chi connectivity index (χ4v) is 2.20. The van der Waals surface area contributed by atoms with Crippen molar-refractivity contribution in [3.63, 3.8) is 0 Å². The van der Waals surface area contributed by atoms with Crippen LogP contribution >= 0.6 is 15.9 Å². The summed E-state index contributed by atoms with van der Waals surface area (Å²) in [6.45, 7) is 0.784. The van der Waals surface area contributed by atoms with Gasteiger partial charge in [-0.1, -0.05) is 15.9 Å². The highest BCUT2D eigenvalue weighted by Crippen LogP contribution is 2.37. The molecule has 1 fully saturated rings. The SMILES string of the molecule is Nc1[nH]ncc1-c1cc(Br)ccc1OCC1CC1. The average molecular weight is 308 g/mol. The van der Waals surface area contributed by atoms with Crippen LogP contribution in [-0.4, -0.2) is 16.8 Å². The highest BCUT2D eigenvalue weighted by molar-refractivity contribution is 9.10. The lowest BCUT2D eigenvalue weighted by Gasteiger charge is -2.11. The molecule has 1 aromatic heterocycles. The number of anilines is 1. The lowest BCUT2D eigenvalue weighted by atomic mass is 10.1. The monoisotopic (exact) mass is 307 g/mol. The van der Waals surface area contributed by atoms with Crippen molar-refractivity contribution in [1.29, 1.82) is 0 Å². The van der Waals surface area contributed by atoms with Crippen LogP contribution in [0.15, 0.2) is 28.9 Å². The molecular formula is C13H14BrN3O. The summed E-state index contributed by atoms with van der Waals surface area (Å²) < 4.78 is 6.87. The molecule has 0 atom stereocenters. The van der Waals surface area contributed by atoms with Gasteiger partial charge in [-0.15, -0.1) is 0 Å². The number of rotatable bonds is 4. The van der Waals surface area contributed by atoms with E-state index in [2.05, 4.69) is 26.1 Å². The summed E-state index contributed by atoms with van der Waals surface area (Å²) in [7, 11) is 0. The third-order valence-corrected chi connectivity index (χ3v) is 3.57. The molecule has 0 unspecified atom stereocenters. The number of hydrogen-bond donors (Lipinski definition) is 2. The smallest absolute Gasteiger partial charge is 0.127 e. The summed E-state index contributed by atoms with van der Waals surface area (Å²) in [4.78, 5) is 0. The Kier molecular flexibility index (Phi) is 2.99. The summed E-state index contributed by atoms with van der Waals surface area (Å²) in [5.74, 6) is 2.14. The van der Waals surface area contributed by atoms with Crippen LogP contribution in [0.25, 0.3) is 11.1 Å². The van der Waals surface area contributed by atoms with E-state index in [1.54, 1.807) is 6.20 Å². The Morgan fingerprint density at radius 2 is 2.22 bits per heavy atom. The van der Waals surface area contributed by atoms with Gasteiger partial charge in [0, 0.05) is 15.6 Å². The molecule has 3 N–H and O–H groups in total. The fraction of sp³-hybridized carbons (Fsp3) is 0.308. The van der Waals surface area contributed by atoms with E-state index in [1.807, 2.05) is 18.2 Å². The standard InChI is InChI=1S/C13H14BrN3O/c14-9-3-4-12(18-7-8-1-2-8)10(5-9)11-6-16-17-13(11)15/h3-6,8H,1-2,7H2,(H3,15,16,17). The third kappa shape index (κ3) is 2.36. The number of nitrogens with one attached hydrogen (secondary N) is 1. The second-order valence-electron chi connectivity index (χ2n) is 4.59. The van der Waals surface area contributed by atoms with Crippen LogP contribution in [0.1, 0.15) is 12.8 Å². The molecule has 0 aliphatic heterocycles. The molecule has 2 aromatic rings. The number of H-pyrrole nitrogens is 1. The minimum atomic E-state index is 0.560. The first kappa shape index (κ1) is 11.6. The van der Waals surface area contributed by atoms with Crippen LogP contribution < -0.4 is 10.5 Å². The second-order valence-corrected chi connectivity index (χ2v) is 5.51. The number of nitrogens with two attached hydrogens (primary N) is 1. The number of nitrogens with zero attached hydrogens (tertiary/aromatic N) is 1. The normalized spacial score (nSPS) is 14.7. The summed E-state index contributed by atoms with van der Waals surface area (Å²) in [5, 5.41) is 6.70. The van der Waals surface area contributed by atoms with Gasteiger partial charge in [0.05, 0.1) is 12.8 Å². The van der Waals surface area contributed by atoms with Gasteiger partial charge in [-0.2, -0.15) is 5.10 Å². The van der Waals surface area contributed by atoms with Gasteiger partial charge in [-0.25, -0.2) is 0 Å². The van der Waals surface area contributed by atoms with Crippen LogP contribution in [0, 0.1) is 5.92 Å². The quantitative estimate of drug-likeness (QED) is 0.911. The Bertz CT molecular complexity index is 563. The fourth-order valence-electron chi connectivity index (χ4n) is 1.84. The Labute approximate surface area is 114 Å². The van der Waals surface area contributed by atoms with Gasteiger partial charge in [0.25, 0.3) is 0 Å². The lowest BCUT2D eigenvalue weighted by molar-refractivity contribution is 0.301. The molecule has 5 heteroatoms. The van der Waals surface area contributed by atoms with Crippen LogP contribution in [0.2, 0.25) is 0 Å². The summed E-state index contributed by atoms with van der Waals surface area (Å²) in [5.41, 5.74) is 7.72.